The molecule has 0 saturated carbocycles. The molecule has 0 saturated heterocycles. The minimum absolute atomic E-state index is 0.0993. The van der Waals surface area contributed by atoms with Gasteiger partial charge in [-0.2, -0.15) is 0 Å². The summed E-state index contributed by atoms with van der Waals surface area (Å²) < 4.78 is 22.5. The molecule has 2 aromatic rings. The molecule has 0 fully saturated rings. The van der Waals surface area contributed by atoms with E-state index in [9.17, 15) is 9.59 Å². The Labute approximate surface area is 248 Å². The van der Waals surface area contributed by atoms with Gasteiger partial charge in [0.05, 0.1) is 0 Å². The standard InChI is InChI=1S/C35H52O6/c1-26(24-38-30-20-16-28(17-21-30)34(3,4)5)40-32(36)14-12-10-9-11-13-15-33(37)41-27(2)25-39-31-22-18-29(19-23-31)35(6,7)8/h16-23,26-27H,9-15,24-25H2,1-8H3. The molecule has 0 bridgehead atoms. The van der Waals surface area contributed by atoms with Crippen molar-refractivity contribution < 1.29 is 28.5 Å². The fourth-order valence-corrected chi connectivity index (χ4v) is 4.23. The summed E-state index contributed by atoms with van der Waals surface area (Å²) in [7, 11) is 0. The Morgan fingerprint density at radius 3 is 1.20 bits per heavy atom. The second-order valence-corrected chi connectivity index (χ2v) is 13.0. The minimum Gasteiger partial charge on any atom is -0.490 e. The van der Waals surface area contributed by atoms with Crippen molar-refractivity contribution >= 4 is 11.9 Å². The van der Waals surface area contributed by atoms with E-state index >= 15 is 0 Å². The fourth-order valence-electron chi connectivity index (χ4n) is 4.23. The lowest BCUT2D eigenvalue weighted by Crippen LogP contribution is -2.22. The second kappa shape index (κ2) is 16.4. The zero-order valence-electron chi connectivity index (χ0n) is 26.6. The molecule has 0 heterocycles. The summed E-state index contributed by atoms with van der Waals surface area (Å²) in [6.45, 7) is 17.4. The average molecular weight is 569 g/mol. The topological polar surface area (TPSA) is 71.1 Å². The number of benzene rings is 2. The van der Waals surface area contributed by atoms with Gasteiger partial charge >= 0.3 is 11.9 Å². The molecular weight excluding hydrogens is 516 g/mol. The van der Waals surface area contributed by atoms with Crippen LogP contribution in [0.25, 0.3) is 0 Å². The third-order valence-electron chi connectivity index (χ3n) is 6.84. The molecule has 0 N–H and O–H groups in total. The van der Waals surface area contributed by atoms with Crippen LogP contribution in [0.5, 0.6) is 11.5 Å². The van der Waals surface area contributed by atoms with Crippen LogP contribution >= 0.6 is 0 Å². The van der Waals surface area contributed by atoms with Gasteiger partial charge in [0.2, 0.25) is 0 Å². The van der Waals surface area contributed by atoms with Crippen LogP contribution in [0.3, 0.4) is 0 Å². The molecule has 2 atom stereocenters. The molecule has 228 valence electrons. The Morgan fingerprint density at radius 2 is 0.878 bits per heavy atom. The molecule has 0 spiro atoms. The normalized spacial score (nSPS) is 13.3. The van der Waals surface area contributed by atoms with Crippen molar-refractivity contribution in [2.45, 2.75) is 123 Å². The number of carbonyl (C=O) groups is 2. The number of rotatable bonds is 16. The lowest BCUT2D eigenvalue weighted by Gasteiger charge is -2.19. The van der Waals surface area contributed by atoms with Gasteiger partial charge in [0.25, 0.3) is 0 Å². The largest absolute Gasteiger partial charge is 0.490 e. The van der Waals surface area contributed by atoms with Crippen LogP contribution in [0.1, 0.15) is 111 Å². The maximum Gasteiger partial charge on any atom is 0.306 e. The van der Waals surface area contributed by atoms with E-state index in [4.69, 9.17) is 18.9 Å². The third-order valence-corrected chi connectivity index (χ3v) is 6.84. The Morgan fingerprint density at radius 1 is 0.561 bits per heavy atom. The summed E-state index contributed by atoms with van der Waals surface area (Å²) in [4.78, 5) is 24.3. The van der Waals surface area contributed by atoms with Gasteiger partial charge in [-0.15, -0.1) is 0 Å². The van der Waals surface area contributed by atoms with E-state index in [0.29, 0.717) is 26.1 Å². The molecule has 0 aliphatic carbocycles. The van der Waals surface area contributed by atoms with E-state index < -0.39 is 0 Å². The van der Waals surface area contributed by atoms with Crippen molar-refractivity contribution in [2.24, 2.45) is 0 Å². The van der Waals surface area contributed by atoms with Crippen LogP contribution in [0, 0.1) is 0 Å². The highest BCUT2D eigenvalue weighted by atomic mass is 16.6. The van der Waals surface area contributed by atoms with E-state index in [0.717, 1.165) is 43.6 Å². The molecule has 41 heavy (non-hydrogen) atoms. The molecule has 2 aromatic carbocycles. The van der Waals surface area contributed by atoms with Gasteiger partial charge in [-0.1, -0.05) is 85.1 Å². The first-order valence-corrected chi connectivity index (χ1v) is 15.1. The molecule has 0 aliphatic heterocycles. The van der Waals surface area contributed by atoms with Gasteiger partial charge in [0, 0.05) is 12.8 Å². The molecule has 0 aliphatic rings. The SMILES string of the molecule is CC(COc1ccc(C(C)(C)C)cc1)OC(=O)CCCCCCCC(=O)OC(C)COc1ccc(C(C)(C)C)cc1. The Kier molecular flexibility index (Phi) is 13.7. The Hall–Kier alpha value is -3.02. The lowest BCUT2D eigenvalue weighted by atomic mass is 9.87. The molecule has 2 unspecified atom stereocenters. The number of carbonyl (C=O) groups excluding carboxylic acids is 2. The monoisotopic (exact) mass is 568 g/mol. The maximum atomic E-state index is 12.1. The van der Waals surface area contributed by atoms with Gasteiger partial charge in [-0.3, -0.25) is 9.59 Å². The van der Waals surface area contributed by atoms with Gasteiger partial charge in [0.1, 0.15) is 36.9 Å². The van der Waals surface area contributed by atoms with Crippen molar-refractivity contribution in [2.75, 3.05) is 13.2 Å². The molecule has 0 amide bonds. The van der Waals surface area contributed by atoms with Gasteiger partial charge < -0.3 is 18.9 Å². The highest BCUT2D eigenvalue weighted by Gasteiger charge is 2.15. The quantitative estimate of drug-likeness (QED) is 0.150. The van der Waals surface area contributed by atoms with Crippen LogP contribution in [0.15, 0.2) is 48.5 Å². The molecule has 0 radical (unpaired) electrons. The smallest absolute Gasteiger partial charge is 0.306 e. The molecule has 6 nitrogen and oxygen atoms in total. The predicted molar refractivity (Wildman–Crippen MR) is 165 cm³/mol. The van der Waals surface area contributed by atoms with Crippen molar-refractivity contribution in [1.29, 1.82) is 0 Å². The summed E-state index contributed by atoms with van der Waals surface area (Å²) in [5.41, 5.74) is 2.70. The van der Waals surface area contributed by atoms with Crippen molar-refractivity contribution in [3.05, 3.63) is 59.7 Å². The molecule has 0 aromatic heterocycles. The fraction of sp³-hybridized carbons (Fsp3) is 0.600. The summed E-state index contributed by atoms with van der Waals surface area (Å²) in [5, 5.41) is 0. The number of esters is 2. The summed E-state index contributed by atoms with van der Waals surface area (Å²) in [6, 6.07) is 16.1. The number of hydrogen-bond acceptors (Lipinski definition) is 6. The van der Waals surface area contributed by atoms with E-state index in [1.807, 2.05) is 38.1 Å². The van der Waals surface area contributed by atoms with Crippen LogP contribution in [-0.2, 0) is 29.9 Å². The first kappa shape index (κ1) is 34.2. The van der Waals surface area contributed by atoms with E-state index in [1.165, 1.54) is 11.1 Å². The van der Waals surface area contributed by atoms with Crippen LogP contribution < -0.4 is 9.47 Å². The Balaban J connectivity index is 1.49. The van der Waals surface area contributed by atoms with Crippen molar-refractivity contribution in [1.82, 2.24) is 0 Å². The van der Waals surface area contributed by atoms with E-state index in [1.54, 1.807) is 0 Å². The van der Waals surface area contributed by atoms with Crippen molar-refractivity contribution in [3.8, 4) is 11.5 Å². The van der Waals surface area contributed by atoms with Gasteiger partial charge in [-0.25, -0.2) is 0 Å². The number of unbranched alkanes of at least 4 members (excludes halogenated alkanes) is 4. The van der Waals surface area contributed by atoms with E-state index in [-0.39, 0.29) is 35.0 Å². The van der Waals surface area contributed by atoms with E-state index in [2.05, 4.69) is 65.8 Å². The van der Waals surface area contributed by atoms with Gasteiger partial charge in [-0.05, 0) is 72.9 Å². The summed E-state index contributed by atoms with van der Waals surface area (Å²) >= 11 is 0. The summed E-state index contributed by atoms with van der Waals surface area (Å²) in [5.74, 6) is 1.15. The molecular formula is C35H52O6. The minimum atomic E-state index is -0.308. The third kappa shape index (κ3) is 13.9. The van der Waals surface area contributed by atoms with Gasteiger partial charge in [0.15, 0.2) is 0 Å². The summed E-state index contributed by atoms with van der Waals surface area (Å²) in [6.07, 6.45) is 4.53. The molecule has 2 rings (SSSR count). The predicted octanol–water partition coefficient (Wildman–Crippen LogP) is 8.33. The van der Waals surface area contributed by atoms with Crippen LogP contribution in [0.4, 0.5) is 0 Å². The first-order chi connectivity index (χ1) is 19.2. The first-order valence-electron chi connectivity index (χ1n) is 15.1. The Bertz CT molecular complexity index is 959. The lowest BCUT2D eigenvalue weighted by molar-refractivity contribution is -0.150. The maximum absolute atomic E-state index is 12.1. The highest BCUT2D eigenvalue weighted by molar-refractivity contribution is 5.69. The zero-order valence-corrected chi connectivity index (χ0v) is 26.6. The zero-order chi connectivity index (χ0) is 30.5. The van der Waals surface area contributed by atoms with Crippen LogP contribution in [-0.4, -0.2) is 37.4 Å². The van der Waals surface area contributed by atoms with Crippen molar-refractivity contribution in [3.63, 3.8) is 0 Å². The second-order valence-electron chi connectivity index (χ2n) is 13.0. The van der Waals surface area contributed by atoms with Crippen LogP contribution in [0.2, 0.25) is 0 Å². The number of ether oxygens (including phenoxy) is 4. The average Bonchev–Trinajstić information content (AvgIpc) is 2.89. The highest BCUT2D eigenvalue weighted by Crippen LogP contribution is 2.25. The number of hydrogen-bond donors (Lipinski definition) is 0. The molecule has 6 heteroatoms.